The van der Waals surface area contributed by atoms with E-state index in [-0.39, 0.29) is 6.04 Å². The average molecular weight is 269 g/mol. The first-order valence-corrected chi connectivity index (χ1v) is 7.53. The minimum Gasteiger partial charge on any atom is -0.480 e. The highest BCUT2D eigenvalue weighted by Crippen LogP contribution is 2.21. The maximum absolute atomic E-state index is 11.4. The Hall–Kier alpha value is -0.650. The van der Waals surface area contributed by atoms with Crippen LogP contribution in [0.3, 0.4) is 0 Å². The van der Waals surface area contributed by atoms with Gasteiger partial charge >= 0.3 is 5.97 Å². The van der Waals surface area contributed by atoms with Crippen LogP contribution in [0.4, 0.5) is 0 Å². The molecule has 2 heterocycles. The van der Waals surface area contributed by atoms with Gasteiger partial charge in [0.25, 0.3) is 0 Å². The summed E-state index contributed by atoms with van der Waals surface area (Å²) in [6, 6.07) is 0.688. The van der Waals surface area contributed by atoms with Crippen LogP contribution in [0.25, 0.3) is 0 Å². The van der Waals surface area contributed by atoms with E-state index in [9.17, 15) is 9.90 Å². The minimum atomic E-state index is -0.683. The van der Waals surface area contributed by atoms with Crippen molar-refractivity contribution in [3.05, 3.63) is 0 Å². The van der Waals surface area contributed by atoms with Gasteiger partial charge in [0.05, 0.1) is 0 Å². The summed E-state index contributed by atoms with van der Waals surface area (Å²) in [6.07, 6.45) is 3.41. The van der Waals surface area contributed by atoms with Gasteiger partial charge in [-0.15, -0.1) is 0 Å². The molecule has 0 spiro atoms. The summed E-state index contributed by atoms with van der Waals surface area (Å²) in [5.74, 6) is -0.683. The zero-order chi connectivity index (χ0) is 13.8. The van der Waals surface area contributed by atoms with E-state index in [4.69, 9.17) is 0 Å². The molecule has 0 aromatic heterocycles. The summed E-state index contributed by atoms with van der Waals surface area (Å²) in [5, 5.41) is 12.6. The van der Waals surface area contributed by atoms with Crippen molar-refractivity contribution >= 4 is 5.97 Å². The number of carbonyl (C=O) groups is 1. The summed E-state index contributed by atoms with van der Waals surface area (Å²) >= 11 is 0. The predicted molar refractivity (Wildman–Crippen MR) is 75.3 cm³/mol. The molecule has 2 saturated heterocycles. The molecule has 2 aliphatic rings. The van der Waals surface area contributed by atoms with Gasteiger partial charge in [0.15, 0.2) is 0 Å². The Labute approximate surface area is 115 Å². The largest absolute Gasteiger partial charge is 0.480 e. The lowest BCUT2D eigenvalue weighted by molar-refractivity contribution is -0.145. The molecule has 2 aliphatic heterocycles. The van der Waals surface area contributed by atoms with Crippen molar-refractivity contribution in [1.29, 1.82) is 0 Å². The Morgan fingerprint density at radius 2 is 2.05 bits per heavy atom. The number of rotatable bonds is 3. The predicted octanol–water partition coefficient (Wildman–Crippen LogP) is 0.608. The van der Waals surface area contributed by atoms with E-state index in [1.165, 1.54) is 6.42 Å². The van der Waals surface area contributed by atoms with E-state index in [1.54, 1.807) is 0 Å². The summed E-state index contributed by atoms with van der Waals surface area (Å²) in [7, 11) is 0. The fourth-order valence-corrected chi connectivity index (χ4v) is 3.34. The second kappa shape index (κ2) is 6.68. The number of carboxylic acid groups (broad SMARTS) is 1. The third-order valence-electron chi connectivity index (χ3n) is 4.50. The molecule has 2 atom stereocenters. The lowest BCUT2D eigenvalue weighted by Gasteiger charge is -2.39. The van der Waals surface area contributed by atoms with Crippen molar-refractivity contribution in [2.24, 2.45) is 0 Å². The molecule has 0 aromatic carbocycles. The number of carboxylic acids is 1. The third kappa shape index (κ3) is 3.68. The summed E-state index contributed by atoms with van der Waals surface area (Å²) in [6.45, 7) is 9.09. The molecule has 110 valence electrons. The highest BCUT2D eigenvalue weighted by atomic mass is 16.4. The quantitative estimate of drug-likeness (QED) is 0.786. The van der Waals surface area contributed by atoms with Crippen LogP contribution in [0.1, 0.15) is 33.1 Å². The molecule has 2 N–H and O–H groups in total. The van der Waals surface area contributed by atoms with E-state index in [2.05, 4.69) is 29.0 Å². The van der Waals surface area contributed by atoms with Gasteiger partial charge in [-0.2, -0.15) is 0 Å². The number of likely N-dealkylation sites (tertiary alicyclic amines) is 1. The summed E-state index contributed by atoms with van der Waals surface area (Å²) in [5.41, 5.74) is 0. The second-order valence-corrected chi connectivity index (χ2v) is 6.01. The maximum Gasteiger partial charge on any atom is 0.322 e. The highest BCUT2D eigenvalue weighted by Gasteiger charge is 2.34. The summed E-state index contributed by atoms with van der Waals surface area (Å²) < 4.78 is 0. The molecule has 0 amide bonds. The van der Waals surface area contributed by atoms with E-state index in [1.807, 2.05) is 0 Å². The number of nitrogens with one attached hydrogen (secondary N) is 1. The molecule has 2 rings (SSSR count). The van der Waals surface area contributed by atoms with Crippen LogP contribution < -0.4 is 5.32 Å². The zero-order valence-corrected chi connectivity index (χ0v) is 12.1. The van der Waals surface area contributed by atoms with E-state index in [0.717, 1.165) is 39.0 Å². The van der Waals surface area contributed by atoms with E-state index in [0.29, 0.717) is 18.6 Å². The molecule has 0 radical (unpaired) electrons. The molecule has 0 aromatic rings. The van der Waals surface area contributed by atoms with Crippen LogP contribution in [0, 0.1) is 0 Å². The Morgan fingerprint density at radius 3 is 2.74 bits per heavy atom. The molecule has 5 nitrogen and oxygen atoms in total. The van der Waals surface area contributed by atoms with E-state index >= 15 is 0 Å². The lowest BCUT2D eigenvalue weighted by Crippen LogP contribution is -2.58. The smallest absolute Gasteiger partial charge is 0.322 e. The van der Waals surface area contributed by atoms with Crippen molar-refractivity contribution in [2.45, 2.75) is 51.2 Å². The van der Waals surface area contributed by atoms with Gasteiger partial charge in [-0.05, 0) is 46.2 Å². The third-order valence-corrected chi connectivity index (χ3v) is 4.50. The number of hydrogen-bond acceptors (Lipinski definition) is 4. The van der Waals surface area contributed by atoms with Crippen molar-refractivity contribution in [3.63, 3.8) is 0 Å². The molecule has 2 fully saturated rings. The van der Waals surface area contributed by atoms with Crippen LogP contribution in [0.5, 0.6) is 0 Å². The van der Waals surface area contributed by atoms with Gasteiger partial charge in [-0.3, -0.25) is 9.69 Å². The lowest BCUT2D eigenvalue weighted by atomic mass is 10.0. The molecule has 19 heavy (non-hydrogen) atoms. The molecular formula is C14H27N3O2. The molecule has 0 saturated carbocycles. The Kier molecular flexibility index (Phi) is 5.19. The first-order chi connectivity index (χ1) is 9.09. The molecule has 2 unspecified atom stereocenters. The first-order valence-electron chi connectivity index (χ1n) is 7.53. The average Bonchev–Trinajstić information content (AvgIpc) is 2.64. The molecular weight excluding hydrogens is 242 g/mol. The fourth-order valence-electron chi connectivity index (χ4n) is 3.34. The van der Waals surface area contributed by atoms with Gasteiger partial charge in [0.1, 0.15) is 6.04 Å². The van der Waals surface area contributed by atoms with Gasteiger partial charge in [0.2, 0.25) is 0 Å². The Bertz CT molecular complexity index is 309. The molecule has 0 aliphatic carbocycles. The Morgan fingerprint density at radius 1 is 1.26 bits per heavy atom. The van der Waals surface area contributed by atoms with Crippen molar-refractivity contribution in [2.75, 3.05) is 32.7 Å². The van der Waals surface area contributed by atoms with Crippen LogP contribution in [-0.4, -0.2) is 71.7 Å². The van der Waals surface area contributed by atoms with Crippen LogP contribution in [-0.2, 0) is 4.79 Å². The molecule has 0 bridgehead atoms. The minimum absolute atomic E-state index is 0.343. The second-order valence-electron chi connectivity index (χ2n) is 6.01. The van der Waals surface area contributed by atoms with Gasteiger partial charge in [-0.1, -0.05) is 0 Å². The van der Waals surface area contributed by atoms with E-state index < -0.39 is 5.97 Å². The van der Waals surface area contributed by atoms with Crippen LogP contribution in [0.15, 0.2) is 0 Å². The monoisotopic (exact) mass is 269 g/mol. The SMILES string of the molecule is CC(C)N1CCCC(N2CCNCC2C(=O)O)CC1. The topological polar surface area (TPSA) is 55.8 Å². The first kappa shape index (κ1) is 14.8. The normalized spacial score (nSPS) is 31.3. The number of aliphatic carboxylic acids is 1. The highest BCUT2D eigenvalue weighted by molar-refractivity contribution is 5.74. The van der Waals surface area contributed by atoms with Crippen molar-refractivity contribution < 1.29 is 9.90 Å². The van der Waals surface area contributed by atoms with Crippen molar-refractivity contribution in [1.82, 2.24) is 15.1 Å². The fraction of sp³-hybridized carbons (Fsp3) is 0.929. The summed E-state index contributed by atoms with van der Waals surface area (Å²) in [4.78, 5) is 16.1. The van der Waals surface area contributed by atoms with Gasteiger partial charge < -0.3 is 15.3 Å². The van der Waals surface area contributed by atoms with Crippen LogP contribution >= 0.6 is 0 Å². The maximum atomic E-state index is 11.4. The zero-order valence-electron chi connectivity index (χ0n) is 12.1. The Balaban J connectivity index is 1.98. The number of hydrogen-bond donors (Lipinski definition) is 2. The number of nitrogens with zero attached hydrogens (tertiary/aromatic N) is 2. The number of piperazine rings is 1. The van der Waals surface area contributed by atoms with Crippen molar-refractivity contribution in [3.8, 4) is 0 Å². The van der Waals surface area contributed by atoms with Gasteiger partial charge in [-0.25, -0.2) is 0 Å². The standard InChI is InChI=1S/C14H27N3O2/c1-11(2)16-7-3-4-12(5-8-16)17-9-6-15-10-13(17)14(18)19/h11-13,15H,3-10H2,1-2H3,(H,18,19). The van der Waals surface area contributed by atoms with Gasteiger partial charge in [0, 0.05) is 31.7 Å². The molecule has 5 heteroatoms. The van der Waals surface area contributed by atoms with Crippen LogP contribution in [0.2, 0.25) is 0 Å².